The Morgan fingerprint density at radius 2 is 1.54 bits per heavy atom. The molecule has 0 bridgehead atoms. The fraction of sp³-hybridized carbons (Fsp3) is 0.286. The summed E-state index contributed by atoms with van der Waals surface area (Å²) in [4.78, 5) is 36.6. The number of fused-ring (bicyclic) bond motifs is 3. The molecule has 0 aromatic heterocycles. The summed E-state index contributed by atoms with van der Waals surface area (Å²) >= 11 is 0. The van der Waals surface area contributed by atoms with Crippen molar-refractivity contribution in [2.45, 2.75) is 25.7 Å². The van der Waals surface area contributed by atoms with Gasteiger partial charge in [-0.2, -0.15) is 0 Å². The van der Waals surface area contributed by atoms with Gasteiger partial charge < -0.3 is 10.4 Å². The van der Waals surface area contributed by atoms with Crippen molar-refractivity contribution in [3.63, 3.8) is 0 Å². The molecular formula is C21H19NO4. The predicted octanol–water partition coefficient (Wildman–Crippen LogP) is 3.73. The molecule has 2 N–H and O–H groups in total. The first kappa shape index (κ1) is 16.5. The minimum atomic E-state index is -0.913. The van der Waals surface area contributed by atoms with Gasteiger partial charge >= 0.3 is 5.97 Å². The van der Waals surface area contributed by atoms with Gasteiger partial charge in [0.05, 0.1) is 11.8 Å². The average molecular weight is 349 g/mol. The first-order valence-electron chi connectivity index (χ1n) is 8.88. The first-order chi connectivity index (χ1) is 12.6. The monoisotopic (exact) mass is 349 g/mol. The summed E-state index contributed by atoms with van der Waals surface area (Å²) in [5.74, 6) is -2.40. The molecule has 5 heteroatoms. The van der Waals surface area contributed by atoms with E-state index in [-0.39, 0.29) is 11.7 Å². The lowest BCUT2D eigenvalue weighted by Gasteiger charge is -2.27. The SMILES string of the molecule is O=C1c2ccccc2-c2ccc(NC(=O)[C@H]3CCCC[C@H]3C(=O)O)cc21. The number of carboxylic acid groups (broad SMARTS) is 1. The highest BCUT2D eigenvalue weighted by Crippen LogP contribution is 2.38. The Bertz CT molecular complexity index is 918. The Hall–Kier alpha value is -2.95. The van der Waals surface area contributed by atoms with Gasteiger partial charge in [0.15, 0.2) is 5.78 Å². The van der Waals surface area contributed by atoms with E-state index in [0.29, 0.717) is 29.7 Å². The van der Waals surface area contributed by atoms with Crippen molar-refractivity contribution in [1.29, 1.82) is 0 Å². The van der Waals surface area contributed by atoms with Crippen molar-refractivity contribution in [3.8, 4) is 11.1 Å². The minimum Gasteiger partial charge on any atom is -0.481 e. The number of amides is 1. The van der Waals surface area contributed by atoms with E-state index < -0.39 is 17.8 Å². The zero-order chi connectivity index (χ0) is 18.3. The van der Waals surface area contributed by atoms with E-state index in [2.05, 4.69) is 5.32 Å². The molecule has 5 nitrogen and oxygen atoms in total. The Labute approximate surface area is 151 Å². The molecule has 0 unspecified atom stereocenters. The van der Waals surface area contributed by atoms with E-state index in [1.165, 1.54) is 0 Å². The Morgan fingerprint density at radius 3 is 2.27 bits per heavy atom. The van der Waals surface area contributed by atoms with Crippen LogP contribution in [0.3, 0.4) is 0 Å². The predicted molar refractivity (Wildman–Crippen MR) is 97.0 cm³/mol. The van der Waals surface area contributed by atoms with Crippen LogP contribution in [-0.4, -0.2) is 22.8 Å². The number of hydrogen-bond acceptors (Lipinski definition) is 3. The number of carbonyl (C=O) groups is 3. The third kappa shape index (κ3) is 2.69. The lowest BCUT2D eigenvalue weighted by Crippen LogP contribution is -2.36. The zero-order valence-corrected chi connectivity index (χ0v) is 14.2. The van der Waals surface area contributed by atoms with Crippen LogP contribution < -0.4 is 5.32 Å². The molecule has 4 rings (SSSR count). The fourth-order valence-corrected chi connectivity index (χ4v) is 4.08. The van der Waals surface area contributed by atoms with Gasteiger partial charge in [0.25, 0.3) is 0 Å². The summed E-state index contributed by atoms with van der Waals surface area (Å²) in [5.41, 5.74) is 3.55. The van der Waals surface area contributed by atoms with Crippen LogP contribution in [0.15, 0.2) is 42.5 Å². The zero-order valence-electron chi connectivity index (χ0n) is 14.2. The van der Waals surface area contributed by atoms with Crippen molar-refractivity contribution in [2.24, 2.45) is 11.8 Å². The second-order valence-corrected chi connectivity index (χ2v) is 6.96. The molecule has 1 amide bonds. The number of anilines is 1. The van der Waals surface area contributed by atoms with Crippen LogP contribution in [0.1, 0.15) is 41.6 Å². The molecule has 1 fully saturated rings. The molecule has 2 aliphatic carbocycles. The molecule has 0 saturated heterocycles. The van der Waals surface area contributed by atoms with Crippen LogP contribution in [0.2, 0.25) is 0 Å². The number of ketones is 1. The third-order valence-corrected chi connectivity index (χ3v) is 5.41. The van der Waals surface area contributed by atoms with Gasteiger partial charge in [-0.3, -0.25) is 14.4 Å². The number of carbonyl (C=O) groups excluding carboxylic acids is 2. The lowest BCUT2D eigenvalue weighted by molar-refractivity contribution is -0.147. The molecule has 0 heterocycles. The number of carboxylic acids is 1. The van der Waals surface area contributed by atoms with E-state index >= 15 is 0 Å². The molecule has 0 radical (unpaired) electrons. The molecule has 0 aliphatic heterocycles. The average Bonchev–Trinajstić information content (AvgIpc) is 2.94. The van der Waals surface area contributed by atoms with Crippen LogP contribution in [0, 0.1) is 11.8 Å². The van der Waals surface area contributed by atoms with Gasteiger partial charge in [0.2, 0.25) is 5.91 Å². The summed E-state index contributed by atoms with van der Waals surface area (Å²) in [7, 11) is 0. The van der Waals surface area contributed by atoms with E-state index in [0.717, 1.165) is 24.0 Å². The van der Waals surface area contributed by atoms with Crippen LogP contribution in [-0.2, 0) is 9.59 Å². The summed E-state index contributed by atoms with van der Waals surface area (Å²) in [6, 6.07) is 12.7. The van der Waals surface area contributed by atoms with E-state index in [1.807, 2.05) is 24.3 Å². The molecule has 1 saturated carbocycles. The van der Waals surface area contributed by atoms with Crippen molar-refractivity contribution < 1.29 is 19.5 Å². The van der Waals surface area contributed by atoms with Crippen LogP contribution in [0.5, 0.6) is 0 Å². The lowest BCUT2D eigenvalue weighted by atomic mass is 9.78. The summed E-state index contributed by atoms with van der Waals surface area (Å²) in [6.45, 7) is 0. The number of nitrogens with one attached hydrogen (secondary N) is 1. The van der Waals surface area contributed by atoms with E-state index in [4.69, 9.17) is 0 Å². The van der Waals surface area contributed by atoms with Crippen LogP contribution in [0.25, 0.3) is 11.1 Å². The van der Waals surface area contributed by atoms with Crippen molar-refractivity contribution in [1.82, 2.24) is 0 Å². The summed E-state index contributed by atoms with van der Waals surface area (Å²) in [6.07, 6.45) is 2.82. The van der Waals surface area contributed by atoms with Gasteiger partial charge in [-0.15, -0.1) is 0 Å². The fourth-order valence-electron chi connectivity index (χ4n) is 4.08. The van der Waals surface area contributed by atoms with Crippen molar-refractivity contribution >= 4 is 23.3 Å². The van der Waals surface area contributed by atoms with Gasteiger partial charge in [0, 0.05) is 16.8 Å². The molecule has 2 aliphatic rings. The van der Waals surface area contributed by atoms with Crippen molar-refractivity contribution in [3.05, 3.63) is 53.6 Å². The van der Waals surface area contributed by atoms with Crippen LogP contribution in [0.4, 0.5) is 5.69 Å². The molecule has 132 valence electrons. The molecule has 2 aromatic carbocycles. The highest BCUT2D eigenvalue weighted by atomic mass is 16.4. The second kappa shape index (κ2) is 6.41. The normalized spacial score (nSPS) is 21.0. The topological polar surface area (TPSA) is 83.5 Å². The molecular weight excluding hydrogens is 330 g/mol. The summed E-state index contributed by atoms with van der Waals surface area (Å²) < 4.78 is 0. The standard InChI is InChI=1S/C21H19NO4/c23-19-15-6-2-1-5-13(15)14-10-9-12(11-18(14)19)22-20(24)16-7-3-4-8-17(16)21(25)26/h1-2,5-6,9-11,16-17H,3-4,7-8H2,(H,22,24)(H,25,26)/t16-,17+/m0/s1. The maximum Gasteiger partial charge on any atom is 0.307 e. The number of rotatable bonds is 3. The van der Waals surface area contributed by atoms with Gasteiger partial charge in [-0.05, 0) is 36.1 Å². The smallest absolute Gasteiger partial charge is 0.307 e. The largest absolute Gasteiger partial charge is 0.481 e. The molecule has 0 spiro atoms. The van der Waals surface area contributed by atoms with Gasteiger partial charge in [-0.25, -0.2) is 0 Å². The van der Waals surface area contributed by atoms with Crippen LogP contribution >= 0.6 is 0 Å². The highest BCUT2D eigenvalue weighted by Gasteiger charge is 2.36. The highest BCUT2D eigenvalue weighted by molar-refractivity contribution is 6.22. The maximum absolute atomic E-state index is 12.6. The second-order valence-electron chi connectivity index (χ2n) is 6.96. The Balaban J connectivity index is 1.58. The Kier molecular flexibility index (Phi) is 4.07. The molecule has 2 atom stereocenters. The van der Waals surface area contributed by atoms with Gasteiger partial charge in [-0.1, -0.05) is 43.2 Å². The summed E-state index contributed by atoms with van der Waals surface area (Å²) in [5, 5.41) is 12.2. The number of benzene rings is 2. The van der Waals surface area contributed by atoms with Gasteiger partial charge in [0.1, 0.15) is 0 Å². The number of aliphatic carboxylic acids is 1. The minimum absolute atomic E-state index is 0.0484. The first-order valence-corrected chi connectivity index (χ1v) is 8.88. The molecule has 2 aromatic rings. The quantitative estimate of drug-likeness (QED) is 0.755. The maximum atomic E-state index is 12.6. The Morgan fingerprint density at radius 1 is 0.885 bits per heavy atom. The van der Waals surface area contributed by atoms with E-state index in [1.54, 1.807) is 18.2 Å². The molecule has 26 heavy (non-hydrogen) atoms. The number of hydrogen-bond donors (Lipinski definition) is 2. The van der Waals surface area contributed by atoms with Crippen molar-refractivity contribution in [2.75, 3.05) is 5.32 Å². The van der Waals surface area contributed by atoms with E-state index in [9.17, 15) is 19.5 Å². The third-order valence-electron chi connectivity index (χ3n) is 5.41.